The Balaban J connectivity index is 2.38. The van der Waals surface area contributed by atoms with Crippen molar-refractivity contribution in [3.05, 3.63) is 24.3 Å². The number of rotatable bonds is 5. The third-order valence-electron chi connectivity index (χ3n) is 4.57. The second kappa shape index (κ2) is 6.09. The van der Waals surface area contributed by atoms with Crippen molar-refractivity contribution < 1.29 is 23.5 Å². The van der Waals surface area contributed by atoms with E-state index in [1.54, 1.807) is 21.3 Å². The van der Waals surface area contributed by atoms with Gasteiger partial charge in [-0.15, -0.1) is 0 Å². The summed E-state index contributed by atoms with van der Waals surface area (Å²) in [5.74, 6) is 1.68. The summed E-state index contributed by atoms with van der Waals surface area (Å²) in [6, 6.07) is 3.68. The first-order valence-corrected chi connectivity index (χ1v) is 7.51. The zero-order valence-corrected chi connectivity index (χ0v) is 15.0. The van der Waals surface area contributed by atoms with Gasteiger partial charge < -0.3 is 23.5 Å². The first-order chi connectivity index (χ1) is 10.7. The van der Waals surface area contributed by atoms with Gasteiger partial charge in [-0.25, -0.2) is 0 Å². The molecule has 1 aromatic rings. The molecule has 1 aliphatic rings. The van der Waals surface area contributed by atoms with E-state index in [0.717, 1.165) is 5.56 Å². The van der Waals surface area contributed by atoms with Gasteiger partial charge in [-0.3, -0.25) is 0 Å². The Morgan fingerprint density at radius 3 is 1.70 bits per heavy atom. The molecule has 126 valence electrons. The van der Waals surface area contributed by atoms with Gasteiger partial charge in [0.25, 0.3) is 0 Å². The lowest BCUT2D eigenvalue weighted by Gasteiger charge is -2.32. The van der Waals surface area contributed by atoms with Crippen LogP contribution in [0.25, 0.3) is 5.47 Å². The van der Waals surface area contributed by atoms with E-state index in [0.29, 0.717) is 22.7 Å². The zero-order chi connectivity index (χ0) is 17.4. The van der Waals surface area contributed by atoms with Crippen molar-refractivity contribution in [1.29, 1.82) is 0 Å². The van der Waals surface area contributed by atoms with Gasteiger partial charge in [0.05, 0.1) is 32.5 Å². The molecule has 1 heterocycles. The van der Waals surface area contributed by atoms with Gasteiger partial charge in [0.1, 0.15) is 0 Å². The molecule has 0 amide bonds. The average Bonchev–Trinajstić information content (AvgIpc) is 2.73. The van der Waals surface area contributed by atoms with Crippen LogP contribution in [-0.4, -0.2) is 39.6 Å². The van der Waals surface area contributed by atoms with Crippen molar-refractivity contribution in [2.24, 2.45) is 0 Å². The highest BCUT2D eigenvalue weighted by molar-refractivity contribution is 6.68. The van der Waals surface area contributed by atoms with Crippen LogP contribution in [0.2, 0.25) is 0 Å². The lowest BCUT2D eigenvalue weighted by molar-refractivity contribution is 0.00578. The van der Waals surface area contributed by atoms with Gasteiger partial charge in [0.15, 0.2) is 11.5 Å². The van der Waals surface area contributed by atoms with Crippen LogP contribution < -0.4 is 14.2 Å². The molecule has 5 nitrogen and oxygen atoms in total. The lowest BCUT2D eigenvalue weighted by atomic mass is 9.75. The quantitative estimate of drug-likeness (QED) is 0.779. The van der Waals surface area contributed by atoms with E-state index in [2.05, 4.69) is 6.58 Å². The van der Waals surface area contributed by atoms with Crippen LogP contribution >= 0.6 is 0 Å². The Labute approximate surface area is 138 Å². The SMILES string of the molecule is C=C(B1OC(C)(C)C(C)(C)O1)c1cc(OC)c(OC)c(OC)c1. The fourth-order valence-corrected chi connectivity index (χ4v) is 2.39. The van der Waals surface area contributed by atoms with Crippen molar-refractivity contribution in [3.8, 4) is 17.2 Å². The molecule has 1 fully saturated rings. The predicted molar refractivity (Wildman–Crippen MR) is 91.2 cm³/mol. The summed E-state index contributed by atoms with van der Waals surface area (Å²) < 4.78 is 28.2. The Bertz CT molecular complexity index is 568. The molecule has 0 radical (unpaired) electrons. The molecule has 0 atom stereocenters. The fraction of sp³-hybridized carbons (Fsp3) is 0.529. The summed E-state index contributed by atoms with van der Waals surface area (Å²) in [6.45, 7) is 12.2. The van der Waals surface area contributed by atoms with E-state index in [9.17, 15) is 0 Å². The maximum atomic E-state index is 6.05. The topological polar surface area (TPSA) is 46.2 Å². The number of hydrogen-bond donors (Lipinski definition) is 0. The highest BCUT2D eigenvalue weighted by Crippen LogP contribution is 2.43. The van der Waals surface area contributed by atoms with Gasteiger partial charge in [0, 0.05) is 0 Å². The molecule has 1 saturated heterocycles. The molecule has 1 aromatic carbocycles. The Morgan fingerprint density at radius 2 is 1.35 bits per heavy atom. The molecule has 2 rings (SSSR count). The summed E-state index contributed by atoms with van der Waals surface area (Å²) in [4.78, 5) is 0. The summed E-state index contributed by atoms with van der Waals surface area (Å²) in [5, 5.41) is 0. The van der Waals surface area contributed by atoms with Crippen molar-refractivity contribution in [2.75, 3.05) is 21.3 Å². The summed E-state index contributed by atoms with van der Waals surface area (Å²) >= 11 is 0. The molecule has 23 heavy (non-hydrogen) atoms. The molecule has 0 saturated carbocycles. The first-order valence-electron chi connectivity index (χ1n) is 7.51. The molecule has 1 aliphatic heterocycles. The normalized spacial score (nSPS) is 18.7. The van der Waals surface area contributed by atoms with Crippen molar-refractivity contribution >= 4 is 12.6 Å². The van der Waals surface area contributed by atoms with Gasteiger partial charge >= 0.3 is 7.12 Å². The Hall–Kier alpha value is -1.66. The smallest absolute Gasteiger partial charge is 0.493 e. The molecular formula is C17H25BO5. The second-order valence-electron chi connectivity index (χ2n) is 6.53. The van der Waals surface area contributed by atoms with E-state index in [-0.39, 0.29) is 0 Å². The number of hydrogen-bond acceptors (Lipinski definition) is 5. The monoisotopic (exact) mass is 320 g/mol. The maximum absolute atomic E-state index is 6.05. The van der Waals surface area contributed by atoms with Crippen molar-refractivity contribution in [3.63, 3.8) is 0 Å². The van der Waals surface area contributed by atoms with Crippen LogP contribution in [0.5, 0.6) is 17.2 Å². The number of methoxy groups -OCH3 is 3. The maximum Gasteiger partial charge on any atom is 0.494 e. The summed E-state index contributed by atoms with van der Waals surface area (Å²) in [6.07, 6.45) is 0. The highest BCUT2D eigenvalue weighted by atomic mass is 16.7. The molecule has 0 aliphatic carbocycles. The van der Waals surface area contributed by atoms with Crippen LogP contribution in [0.4, 0.5) is 0 Å². The highest BCUT2D eigenvalue weighted by Gasteiger charge is 2.52. The van der Waals surface area contributed by atoms with E-state index >= 15 is 0 Å². The van der Waals surface area contributed by atoms with Crippen LogP contribution in [0.1, 0.15) is 33.3 Å². The van der Waals surface area contributed by atoms with Gasteiger partial charge in [-0.2, -0.15) is 0 Å². The molecule has 0 unspecified atom stereocenters. The first kappa shape index (κ1) is 17.7. The van der Waals surface area contributed by atoms with Crippen LogP contribution in [0.15, 0.2) is 18.7 Å². The second-order valence-corrected chi connectivity index (χ2v) is 6.53. The van der Waals surface area contributed by atoms with Gasteiger partial charge in [-0.05, 0) is 50.9 Å². The molecular weight excluding hydrogens is 295 g/mol. The standard InChI is InChI=1S/C17H25BO5/c1-11(18-22-16(2,3)17(4,5)23-18)12-9-13(19-6)15(21-8)14(10-12)20-7/h9-10H,1H2,2-8H3. The minimum absolute atomic E-state index is 0.415. The number of ether oxygens (including phenoxy) is 3. The summed E-state index contributed by atoms with van der Waals surface area (Å²) in [5.41, 5.74) is 0.698. The molecule has 6 heteroatoms. The van der Waals surface area contributed by atoms with E-state index in [4.69, 9.17) is 23.5 Å². The van der Waals surface area contributed by atoms with Crippen molar-refractivity contribution in [1.82, 2.24) is 0 Å². The zero-order valence-electron chi connectivity index (χ0n) is 15.0. The Kier molecular flexibility index (Phi) is 4.69. The molecule has 0 N–H and O–H groups in total. The summed E-state index contributed by atoms with van der Waals surface area (Å²) in [7, 11) is 4.21. The largest absolute Gasteiger partial charge is 0.494 e. The Morgan fingerprint density at radius 1 is 0.913 bits per heavy atom. The average molecular weight is 320 g/mol. The third kappa shape index (κ3) is 3.05. The molecule has 0 spiro atoms. The van der Waals surface area contributed by atoms with Gasteiger partial charge in [0.2, 0.25) is 5.75 Å². The third-order valence-corrected chi connectivity index (χ3v) is 4.57. The van der Waals surface area contributed by atoms with E-state index in [1.165, 1.54) is 0 Å². The van der Waals surface area contributed by atoms with E-state index in [1.807, 2.05) is 39.8 Å². The minimum Gasteiger partial charge on any atom is -0.493 e. The predicted octanol–water partition coefficient (Wildman–Crippen LogP) is 3.36. The number of benzene rings is 1. The van der Waals surface area contributed by atoms with Crippen LogP contribution in [0, 0.1) is 0 Å². The molecule has 0 aromatic heterocycles. The lowest BCUT2D eigenvalue weighted by Crippen LogP contribution is -2.41. The van der Waals surface area contributed by atoms with Gasteiger partial charge in [-0.1, -0.05) is 6.58 Å². The van der Waals surface area contributed by atoms with Crippen LogP contribution in [-0.2, 0) is 9.31 Å². The fourth-order valence-electron chi connectivity index (χ4n) is 2.39. The van der Waals surface area contributed by atoms with E-state index < -0.39 is 18.3 Å². The minimum atomic E-state index is -0.525. The van der Waals surface area contributed by atoms with Crippen LogP contribution in [0.3, 0.4) is 0 Å². The molecule has 0 bridgehead atoms. The van der Waals surface area contributed by atoms with Crippen molar-refractivity contribution in [2.45, 2.75) is 38.9 Å².